The van der Waals surface area contributed by atoms with Crippen molar-refractivity contribution in [2.45, 2.75) is 43.4 Å². The van der Waals surface area contributed by atoms with Gasteiger partial charge >= 0.3 is 7.82 Å². The van der Waals surface area contributed by atoms with Crippen LogP contribution in [0.1, 0.15) is 13.8 Å². The van der Waals surface area contributed by atoms with Crippen molar-refractivity contribution in [3.8, 4) is 0 Å². The number of rotatable bonds is 7. The van der Waals surface area contributed by atoms with Crippen molar-refractivity contribution < 1.29 is 28.0 Å². The maximum absolute atomic E-state index is 11.6. The number of phosphoric ester groups is 1. The Labute approximate surface area is 119 Å². The van der Waals surface area contributed by atoms with Gasteiger partial charge in [-0.15, -0.1) is 0 Å². The Hall–Kier alpha value is 0.445. The Morgan fingerprint density at radius 3 is 2.63 bits per heavy atom. The minimum Gasteiger partial charge on any atom is -0.378 e. The van der Waals surface area contributed by atoms with Crippen molar-refractivity contribution >= 4 is 27.4 Å². The molecule has 1 saturated heterocycles. The summed E-state index contributed by atoms with van der Waals surface area (Å²) in [4.78, 5) is 9.48. The smallest absolute Gasteiger partial charge is 0.378 e. The molecule has 0 radical (unpaired) electrons. The highest BCUT2D eigenvalue weighted by molar-refractivity contribution is 7.99. The van der Waals surface area contributed by atoms with Gasteiger partial charge in [0.2, 0.25) is 0 Å². The first-order valence-corrected chi connectivity index (χ1v) is 8.96. The van der Waals surface area contributed by atoms with Gasteiger partial charge in [0.15, 0.2) is 0 Å². The molecule has 6 nitrogen and oxygen atoms in total. The highest BCUT2D eigenvalue weighted by Crippen LogP contribution is 2.47. The van der Waals surface area contributed by atoms with Crippen LogP contribution in [0.4, 0.5) is 0 Å². The van der Waals surface area contributed by atoms with Crippen LogP contribution in [0.25, 0.3) is 0 Å². The minimum atomic E-state index is -4.03. The van der Waals surface area contributed by atoms with E-state index in [9.17, 15) is 9.46 Å². The molecule has 1 unspecified atom stereocenters. The molecule has 19 heavy (non-hydrogen) atoms. The van der Waals surface area contributed by atoms with E-state index in [4.69, 9.17) is 14.0 Å². The lowest BCUT2D eigenvalue weighted by Gasteiger charge is -2.24. The van der Waals surface area contributed by atoms with E-state index in [1.54, 1.807) is 11.8 Å². The van der Waals surface area contributed by atoms with Crippen LogP contribution in [-0.2, 0) is 23.1 Å². The fourth-order valence-corrected chi connectivity index (χ4v) is 3.67. The number of ether oxygens (including phenoxy) is 2. The van der Waals surface area contributed by atoms with Gasteiger partial charge in [0.05, 0.1) is 18.0 Å². The van der Waals surface area contributed by atoms with Crippen molar-refractivity contribution in [3.05, 3.63) is 0 Å². The molecule has 1 rings (SSSR count). The molecule has 0 aliphatic carbocycles. The van der Waals surface area contributed by atoms with Gasteiger partial charge in [-0.05, 0) is 20.1 Å². The summed E-state index contributed by atoms with van der Waals surface area (Å²) >= 11 is 1.54. The predicted octanol–water partition coefficient (Wildman–Crippen LogP) is 0.633. The molecule has 0 aromatic rings. The first kappa shape index (κ1) is 17.5. The normalized spacial score (nSPS) is 34.6. The maximum atomic E-state index is 11.6. The third-order valence-electron chi connectivity index (χ3n) is 2.89. The molecule has 0 aromatic carbocycles. The lowest BCUT2D eigenvalue weighted by atomic mass is 9.95. The van der Waals surface area contributed by atoms with Crippen LogP contribution in [0.3, 0.4) is 0 Å². The van der Waals surface area contributed by atoms with Crippen molar-refractivity contribution in [2.75, 3.05) is 20.0 Å². The van der Waals surface area contributed by atoms with Gasteiger partial charge in [0.25, 0.3) is 0 Å². The van der Waals surface area contributed by atoms with Gasteiger partial charge in [0, 0.05) is 13.1 Å². The first-order valence-electron chi connectivity index (χ1n) is 6.17. The van der Waals surface area contributed by atoms with Crippen molar-refractivity contribution in [3.63, 3.8) is 0 Å². The van der Waals surface area contributed by atoms with Crippen LogP contribution in [0.15, 0.2) is 0 Å². The monoisotopic (exact) mass is 312 g/mol. The molecule has 5 atom stereocenters. The van der Waals surface area contributed by atoms with E-state index in [0.717, 1.165) is 7.11 Å². The van der Waals surface area contributed by atoms with Crippen molar-refractivity contribution in [1.29, 1.82) is 0 Å². The largest absolute Gasteiger partial charge is 0.472 e. The first-order chi connectivity index (χ1) is 8.80. The van der Waals surface area contributed by atoms with Crippen LogP contribution in [0.5, 0.6) is 0 Å². The van der Waals surface area contributed by atoms with Crippen LogP contribution in [0, 0.1) is 0 Å². The third kappa shape index (κ3) is 5.04. The second kappa shape index (κ2) is 7.45. The molecular formula is C10H22BO6PS. The highest BCUT2D eigenvalue weighted by Gasteiger charge is 2.46. The molecule has 1 aliphatic rings. The Balaban J connectivity index is 2.75. The minimum absolute atomic E-state index is 0.0311. The molecule has 1 heterocycles. The molecule has 0 spiro atoms. The number of thioether (sulfide) groups is 1. The lowest BCUT2D eigenvalue weighted by molar-refractivity contribution is -0.0464. The molecule has 1 aliphatic heterocycles. The fourth-order valence-electron chi connectivity index (χ4n) is 1.98. The molecular weight excluding hydrogens is 290 g/mol. The zero-order chi connectivity index (χ0) is 14.6. The van der Waals surface area contributed by atoms with Crippen molar-refractivity contribution in [2.24, 2.45) is 0 Å². The van der Waals surface area contributed by atoms with Gasteiger partial charge in [-0.2, -0.15) is 11.8 Å². The van der Waals surface area contributed by atoms with E-state index in [1.807, 2.05) is 27.9 Å². The van der Waals surface area contributed by atoms with Gasteiger partial charge in [0.1, 0.15) is 20.1 Å². The topological polar surface area (TPSA) is 74.2 Å². The number of hydrogen-bond acceptors (Lipinski definition) is 6. The van der Waals surface area contributed by atoms with Gasteiger partial charge in [-0.1, -0.05) is 0 Å². The average Bonchev–Trinajstić information content (AvgIpc) is 2.62. The average molecular weight is 312 g/mol. The summed E-state index contributed by atoms with van der Waals surface area (Å²) in [6.45, 7) is 4.17. The number of hydrogen-bond donors (Lipinski definition) is 1. The van der Waals surface area contributed by atoms with Gasteiger partial charge < -0.3 is 14.4 Å². The molecule has 9 heteroatoms. The Kier molecular flexibility index (Phi) is 6.86. The summed E-state index contributed by atoms with van der Waals surface area (Å²) in [7, 11) is -0.968. The summed E-state index contributed by atoms with van der Waals surface area (Å²) in [5, 5.41) is -0.0311. The predicted molar refractivity (Wildman–Crippen MR) is 77.3 cm³/mol. The second-order valence-electron chi connectivity index (χ2n) is 4.68. The van der Waals surface area contributed by atoms with Gasteiger partial charge in [-0.25, -0.2) is 4.57 Å². The van der Waals surface area contributed by atoms with Crippen LogP contribution in [0.2, 0.25) is 0 Å². The Morgan fingerprint density at radius 1 is 1.53 bits per heavy atom. The van der Waals surface area contributed by atoms with Crippen LogP contribution in [-0.4, -0.2) is 62.3 Å². The standard InChI is InChI=1S/C10H22BO6PS/c1-6(2)15-5-7-8(17-18(12,13)14-3)9(19-4)10(11)16-7/h6-10H,5,11H2,1-4H3,(H,12,13)/t7-,8-,9-,10-/m1/s1. The molecule has 0 bridgehead atoms. The molecule has 1 N–H and O–H groups in total. The molecule has 1 fully saturated rings. The van der Waals surface area contributed by atoms with E-state index in [1.165, 1.54) is 0 Å². The summed E-state index contributed by atoms with van der Waals surface area (Å²) in [5.74, 6) is 0. The number of phosphoric acid groups is 1. The summed E-state index contributed by atoms with van der Waals surface area (Å²) < 4.78 is 32.6. The van der Waals surface area contributed by atoms with E-state index in [0.29, 0.717) is 6.61 Å². The molecule has 112 valence electrons. The Morgan fingerprint density at radius 2 is 2.16 bits per heavy atom. The second-order valence-corrected chi connectivity index (χ2v) is 7.21. The highest BCUT2D eigenvalue weighted by atomic mass is 32.2. The van der Waals surface area contributed by atoms with E-state index < -0.39 is 13.9 Å². The van der Waals surface area contributed by atoms with Gasteiger partial charge in [-0.3, -0.25) is 9.05 Å². The van der Waals surface area contributed by atoms with E-state index in [2.05, 4.69) is 4.52 Å². The fraction of sp³-hybridized carbons (Fsp3) is 1.00. The van der Waals surface area contributed by atoms with Crippen molar-refractivity contribution in [1.82, 2.24) is 0 Å². The zero-order valence-corrected chi connectivity index (χ0v) is 13.6. The van der Waals surface area contributed by atoms with E-state index in [-0.39, 0.29) is 23.5 Å². The molecule has 0 amide bonds. The molecule has 0 saturated carbocycles. The SMILES string of the molecule is B[C@@H]1O[C@H](COC(C)C)[C@@H](OP(=O)(O)OC)[C@H]1SC. The summed E-state index contributed by atoms with van der Waals surface area (Å²) in [5.41, 5.74) is 0. The Bertz CT molecular complexity index is 331. The van der Waals surface area contributed by atoms with E-state index >= 15 is 0 Å². The van der Waals surface area contributed by atoms with Crippen LogP contribution < -0.4 is 0 Å². The lowest BCUT2D eigenvalue weighted by Crippen LogP contribution is -2.35. The summed E-state index contributed by atoms with van der Waals surface area (Å²) in [6, 6.07) is -0.0716. The molecule has 0 aromatic heterocycles. The quantitative estimate of drug-likeness (QED) is 0.546. The summed E-state index contributed by atoms with van der Waals surface area (Å²) in [6.07, 6.45) is 1.09. The maximum Gasteiger partial charge on any atom is 0.472 e. The third-order valence-corrected chi connectivity index (χ3v) is 5.06. The zero-order valence-electron chi connectivity index (χ0n) is 11.9. The van der Waals surface area contributed by atoms with Crippen LogP contribution >= 0.6 is 19.6 Å².